The van der Waals surface area contributed by atoms with Crippen molar-refractivity contribution in [1.82, 2.24) is 30.2 Å². The van der Waals surface area contributed by atoms with Crippen molar-refractivity contribution in [3.63, 3.8) is 0 Å². The van der Waals surface area contributed by atoms with E-state index in [1.165, 1.54) is 23.5 Å². The molecule has 0 saturated carbocycles. The van der Waals surface area contributed by atoms with Gasteiger partial charge >= 0.3 is 0 Å². The summed E-state index contributed by atoms with van der Waals surface area (Å²) in [6.07, 6.45) is 0. The summed E-state index contributed by atoms with van der Waals surface area (Å²) in [5.41, 5.74) is 0. The van der Waals surface area contributed by atoms with Crippen molar-refractivity contribution in [2.45, 2.75) is 37.7 Å². The molecule has 32 heavy (non-hydrogen) atoms. The Morgan fingerprint density at radius 3 is 1.28 bits per heavy atom. The fourth-order valence-corrected chi connectivity index (χ4v) is 4.00. The average molecular weight is 520 g/mol. The molecule has 0 saturated heterocycles. The van der Waals surface area contributed by atoms with Gasteiger partial charge in [0.05, 0.1) is 11.5 Å². The molecule has 2 aromatic rings. The highest BCUT2D eigenvalue weighted by atomic mass is 35.5. The van der Waals surface area contributed by atoms with E-state index in [0.29, 0.717) is 31.9 Å². The molecule has 2 aromatic heterocycles. The van der Waals surface area contributed by atoms with Gasteiger partial charge in [-0.25, -0.2) is 0 Å². The second-order valence-corrected chi connectivity index (χ2v) is 8.86. The molecule has 2 heterocycles. The van der Waals surface area contributed by atoms with Gasteiger partial charge in [0.2, 0.25) is 11.8 Å². The number of hydrogen-bond acceptors (Lipinski definition) is 8. The molecule has 0 spiro atoms. The number of amides is 2. The number of halogens is 2. The van der Waals surface area contributed by atoms with Crippen LogP contribution in [-0.2, 0) is 9.59 Å². The number of carbonyl (C=O) groups is 2. The molecule has 0 bridgehead atoms. The Kier molecular flexibility index (Phi) is 14.3. The summed E-state index contributed by atoms with van der Waals surface area (Å²) >= 11 is 14.0. The highest BCUT2D eigenvalue weighted by Crippen LogP contribution is 2.16. The van der Waals surface area contributed by atoms with Crippen LogP contribution in [0.4, 0.5) is 0 Å². The topological polar surface area (TPSA) is 92.2 Å². The summed E-state index contributed by atoms with van der Waals surface area (Å²) in [6, 6.07) is 6.85. The predicted molar refractivity (Wildman–Crippen MR) is 131 cm³/mol. The molecule has 0 N–H and O–H groups in total. The molecule has 176 valence electrons. The smallest absolute Gasteiger partial charge is 0.232 e. The molecule has 12 heteroatoms. The van der Waals surface area contributed by atoms with Crippen molar-refractivity contribution in [1.29, 1.82) is 0 Å². The first kappa shape index (κ1) is 28.4. The molecule has 0 unspecified atom stereocenters. The standard InChI is InChI=1S/2C10H14ClN3OS/c2*1-3-14(4-2)10(15)7-16-9-6-5-8(11)12-13-9/h2*5-6H,3-4,7H2,1-2H3. The van der Waals surface area contributed by atoms with Crippen LogP contribution in [0.2, 0.25) is 10.3 Å². The Labute approximate surface area is 207 Å². The first-order valence-corrected chi connectivity index (χ1v) is 12.9. The van der Waals surface area contributed by atoms with E-state index < -0.39 is 0 Å². The van der Waals surface area contributed by atoms with Crippen LogP contribution in [0.3, 0.4) is 0 Å². The number of hydrogen-bond donors (Lipinski definition) is 0. The van der Waals surface area contributed by atoms with Crippen molar-refractivity contribution in [2.75, 3.05) is 37.7 Å². The van der Waals surface area contributed by atoms with E-state index >= 15 is 0 Å². The lowest BCUT2D eigenvalue weighted by Crippen LogP contribution is -2.31. The van der Waals surface area contributed by atoms with Crippen LogP contribution in [-0.4, -0.2) is 79.7 Å². The number of aromatic nitrogens is 4. The van der Waals surface area contributed by atoms with Gasteiger partial charge in [0.25, 0.3) is 0 Å². The minimum atomic E-state index is 0.117. The molecule has 0 atom stereocenters. The van der Waals surface area contributed by atoms with Gasteiger partial charge < -0.3 is 9.80 Å². The lowest BCUT2D eigenvalue weighted by molar-refractivity contribution is -0.128. The number of nitrogens with zero attached hydrogens (tertiary/aromatic N) is 6. The maximum atomic E-state index is 11.7. The molecule has 0 aliphatic rings. The van der Waals surface area contributed by atoms with E-state index in [1.54, 1.807) is 34.1 Å². The fourth-order valence-electron chi connectivity index (χ4n) is 2.37. The van der Waals surface area contributed by atoms with E-state index in [2.05, 4.69) is 20.4 Å². The van der Waals surface area contributed by atoms with E-state index in [-0.39, 0.29) is 11.8 Å². The lowest BCUT2D eigenvalue weighted by Gasteiger charge is -2.17. The Bertz CT molecular complexity index is 750. The third-order valence-corrected chi connectivity index (χ3v) is 6.35. The summed E-state index contributed by atoms with van der Waals surface area (Å²) in [5.74, 6) is 1.01. The molecule has 0 aromatic carbocycles. The van der Waals surface area contributed by atoms with Gasteiger partial charge in [0.1, 0.15) is 10.1 Å². The maximum absolute atomic E-state index is 11.7. The highest BCUT2D eigenvalue weighted by molar-refractivity contribution is 8.00. The van der Waals surface area contributed by atoms with Gasteiger partial charge in [-0.15, -0.1) is 20.4 Å². The minimum Gasteiger partial charge on any atom is -0.343 e. The summed E-state index contributed by atoms with van der Waals surface area (Å²) in [7, 11) is 0. The summed E-state index contributed by atoms with van der Waals surface area (Å²) in [4.78, 5) is 26.9. The summed E-state index contributed by atoms with van der Waals surface area (Å²) < 4.78 is 0. The van der Waals surface area contributed by atoms with E-state index in [4.69, 9.17) is 23.2 Å². The molecule has 0 aliphatic heterocycles. The van der Waals surface area contributed by atoms with E-state index in [1.807, 2.05) is 27.7 Å². The zero-order valence-electron chi connectivity index (χ0n) is 18.6. The SMILES string of the molecule is CCN(CC)C(=O)CSc1ccc(Cl)nn1.CCN(CC)C(=O)CSc1ccc(Cl)nn1. The zero-order chi connectivity index (χ0) is 23.9. The molecular weight excluding hydrogens is 491 g/mol. The van der Waals surface area contributed by atoms with Crippen LogP contribution < -0.4 is 0 Å². The third kappa shape index (κ3) is 10.8. The van der Waals surface area contributed by atoms with E-state index in [0.717, 1.165) is 26.2 Å². The molecule has 0 radical (unpaired) electrons. The van der Waals surface area contributed by atoms with Gasteiger partial charge in [-0.3, -0.25) is 9.59 Å². The molecule has 0 fully saturated rings. The van der Waals surface area contributed by atoms with Crippen molar-refractivity contribution < 1.29 is 9.59 Å². The molecule has 2 amide bonds. The van der Waals surface area contributed by atoms with Gasteiger partial charge in [-0.05, 0) is 52.0 Å². The van der Waals surface area contributed by atoms with Crippen LogP contribution >= 0.6 is 46.7 Å². The van der Waals surface area contributed by atoms with Crippen LogP contribution in [0.25, 0.3) is 0 Å². The predicted octanol–water partition coefficient (Wildman–Crippen LogP) is 4.18. The first-order valence-electron chi connectivity index (χ1n) is 10.1. The molecular formula is C20H28Cl2N6O2S2. The van der Waals surface area contributed by atoms with Gasteiger partial charge in [0, 0.05) is 26.2 Å². The first-order chi connectivity index (χ1) is 15.3. The van der Waals surface area contributed by atoms with Crippen LogP contribution in [0.5, 0.6) is 0 Å². The quantitative estimate of drug-likeness (QED) is 0.432. The number of carbonyl (C=O) groups excluding carboxylic acids is 2. The van der Waals surface area contributed by atoms with Gasteiger partial charge in [0.15, 0.2) is 10.3 Å². The average Bonchev–Trinajstić information content (AvgIpc) is 2.80. The Hall–Kier alpha value is -1.62. The monoisotopic (exact) mass is 518 g/mol. The lowest BCUT2D eigenvalue weighted by atomic mass is 10.5. The van der Waals surface area contributed by atoms with Gasteiger partial charge in [-0.1, -0.05) is 46.7 Å². The Balaban J connectivity index is 0.000000320. The number of thioether (sulfide) groups is 2. The summed E-state index contributed by atoms with van der Waals surface area (Å²) in [5, 5.41) is 17.3. The van der Waals surface area contributed by atoms with Gasteiger partial charge in [-0.2, -0.15) is 0 Å². The second kappa shape index (κ2) is 16.1. The summed E-state index contributed by atoms with van der Waals surface area (Å²) in [6.45, 7) is 10.8. The Morgan fingerprint density at radius 1 is 0.688 bits per heavy atom. The van der Waals surface area contributed by atoms with E-state index in [9.17, 15) is 9.59 Å². The zero-order valence-corrected chi connectivity index (χ0v) is 21.8. The molecule has 2 rings (SSSR count). The molecule has 0 aliphatic carbocycles. The normalized spacial score (nSPS) is 10.2. The fraction of sp³-hybridized carbons (Fsp3) is 0.500. The van der Waals surface area contributed by atoms with Crippen molar-refractivity contribution in [2.24, 2.45) is 0 Å². The second-order valence-electron chi connectivity index (χ2n) is 6.10. The largest absolute Gasteiger partial charge is 0.343 e. The highest BCUT2D eigenvalue weighted by Gasteiger charge is 2.11. The van der Waals surface area contributed by atoms with Crippen LogP contribution in [0.15, 0.2) is 34.3 Å². The van der Waals surface area contributed by atoms with Crippen molar-refractivity contribution in [3.8, 4) is 0 Å². The Morgan fingerprint density at radius 2 is 1.03 bits per heavy atom. The van der Waals surface area contributed by atoms with Crippen LogP contribution in [0.1, 0.15) is 27.7 Å². The molecule has 8 nitrogen and oxygen atoms in total. The van der Waals surface area contributed by atoms with Crippen LogP contribution in [0, 0.1) is 0 Å². The van der Waals surface area contributed by atoms with Crippen molar-refractivity contribution in [3.05, 3.63) is 34.6 Å². The maximum Gasteiger partial charge on any atom is 0.232 e. The van der Waals surface area contributed by atoms with Crippen molar-refractivity contribution >= 4 is 58.5 Å². The third-order valence-electron chi connectivity index (χ3n) is 4.13. The minimum absolute atomic E-state index is 0.117. The number of rotatable bonds is 10.